The molecule has 0 unspecified atom stereocenters. The molecule has 0 atom stereocenters. The van der Waals surface area contributed by atoms with Gasteiger partial charge >= 0.3 is 0 Å². The fourth-order valence-electron chi connectivity index (χ4n) is 6.72. The van der Waals surface area contributed by atoms with Crippen LogP contribution in [0.25, 0.3) is 0 Å². The van der Waals surface area contributed by atoms with Gasteiger partial charge in [0.1, 0.15) is 17.3 Å². The molecule has 1 saturated carbocycles. The maximum atomic E-state index is 10.2. The highest BCUT2D eigenvalue weighted by Gasteiger charge is 2.46. The molecule has 1 saturated heterocycles. The van der Waals surface area contributed by atoms with E-state index >= 15 is 0 Å². The van der Waals surface area contributed by atoms with Crippen LogP contribution >= 0.6 is 11.8 Å². The smallest absolute Gasteiger partial charge is 0.175 e. The van der Waals surface area contributed by atoms with Crippen LogP contribution in [0.4, 0.5) is 11.6 Å². The van der Waals surface area contributed by atoms with Crippen molar-refractivity contribution in [2.24, 2.45) is 5.41 Å². The number of rotatable bonds is 4. The number of aliphatic hydroxyl groups excluding tert-OH is 1. The Kier molecular flexibility index (Phi) is 5.59. The number of ether oxygens (including phenoxy) is 1. The van der Waals surface area contributed by atoms with E-state index in [9.17, 15) is 5.11 Å². The van der Waals surface area contributed by atoms with Gasteiger partial charge in [-0.25, -0.2) is 15.0 Å². The van der Waals surface area contributed by atoms with E-state index in [2.05, 4.69) is 46.1 Å². The molecule has 0 radical (unpaired) electrons. The highest BCUT2D eigenvalue weighted by molar-refractivity contribution is 7.99. The van der Waals surface area contributed by atoms with Gasteiger partial charge in [-0.15, -0.1) is 0 Å². The van der Waals surface area contributed by atoms with Crippen molar-refractivity contribution in [3.8, 4) is 5.75 Å². The Morgan fingerprint density at radius 3 is 2.43 bits per heavy atom. The van der Waals surface area contributed by atoms with Crippen LogP contribution in [-0.4, -0.2) is 52.3 Å². The van der Waals surface area contributed by atoms with E-state index in [4.69, 9.17) is 14.7 Å². The fourth-order valence-corrected chi connectivity index (χ4v) is 7.58. The first kappa shape index (κ1) is 23.3. The van der Waals surface area contributed by atoms with E-state index in [1.807, 2.05) is 18.5 Å². The van der Waals surface area contributed by atoms with Gasteiger partial charge in [0.05, 0.1) is 23.2 Å². The summed E-state index contributed by atoms with van der Waals surface area (Å²) in [7, 11) is 2.13. The molecule has 0 amide bonds. The summed E-state index contributed by atoms with van der Waals surface area (Å²) in [6.45, 7) is 2.47. The molecule has 2 spiro atoms. The Hall–Kier alpha value is -2.84. The highest BCUT2D eigenvalue weighted by atomic mass is 32.2. The molecule has 4 aliphatic rings. The predicted octanol–water partition coefficient (Wildman–Crippen LogP) is 4.65. The summed E-state index contributed by atoms with van der Waals surface area (Å²) >= 11 is 1.53. The number of piperidine rings is 1. The van der Waals surface area contributed by atoms with Gasteiger partial charge < -0.3 is 19.6 Å². The Morgan fingerprint density at radius 1 is 1.00 bits per heavy atom. The zero-order valence-corrected chi connectivity index (χ0v) is 22.1. The predicted molar refractivity (Wildman–Crippen MR) is 145 cm³/mol. The second-order valence-electron chi connectivity index (χ2n) is 11.2. The number of likely N-dealkylation sites (N-methyl/N-ethyl adjacent to an activating group) is 1. The standard InChI is InChI=1S/C29H33N5O2S/c1-33-27-25(36-19-29(33)8-4-9-29)23(7-12-30-27)37-24-17-31-26(22(18-35)32-24)34-13-10-28(11-14-34)15-20-5-2-3-6-21(20)16-28/h2-3,5-7,12,17,35H,4,8-11,13-16,18-19H2,1H3. The van der Waals surface area contributed by atoms with E-state index in [0.717, 1.165) is 66.1 Å². The van der Waals surface area contributed by atoms with E-state index in [-0.39, 0.29) is 12.1 Å². The molecular formula is C29H33N5O2S. The molecule has 7 nitrogen and oxygen atoms in total. The van der Waals surface area contributed by atoms with Crippen molar-refractivity contribution in [2.75, 3.05) is 36.5 Å². The molecule has 2 fully saturated rings. The topological polar surface area (TPSA) is 74.6 Å². The quantitative estimate of drug-likeness (QED) is 0.538. The first-order valence-electron chi connectivity index (χ1n) is 13.4. The fraction of sp³-hybridized carbons (Fsp3) is 0.483. The molecule has 2 aliphatic carbocycles. The molecule has 2 aliphatic heterocycles. The lowest BCUT2D eigenvalue weighted by molar-refractivity contribution is 0.116. The van der Waals surface area contributed by atoms with Crippen LogP contribution in [-0.2, 0) is 19.4 Å². The maximum Gasteiger partial charge on any atom is 0.175 e. The van der Waals surface area contributed by atoms with Gasteiger partial charge in [0, 0.05) is 26.3 Å². The summed E-state index contributed by atoms with van der Waals surface area (Å²) in [6, 6.07) is 10.9. The lowest BCUT2D eigenvalue weighted by atomic mass is 9.75. The van der Waals surface area contributed by atoms with Crippen molar-refractivity contribution in [3.63, 3.8) is 0 Å². The van der Waals surface area contributed by atoms with Crippen molar-refractivity contribution in [1.29, 1.82) is 0 Å². The van der Waals surface area contributed by atoms with Crippen molar-refractivity contribution in [2.45, 2.75) is 67.0 Å². The largest absolute Gasteiger partial charge is 0.486 e. The Bertz CT molecular complexity index is 1310. The number of hydrogen-bond acceptors (Lipinski definition) is 8. The first-order valence-corrected chi connectivity index (χ1v) is 14.2. The van der Waals surface area contributed by atoms with E-state index in [1.54, 1.807) is 0 Å². The van der Waals surface area contributed by atoms with Gasteiger partial charge in [-0.1, -0.05) is 36.0 Å². The summed E-state index contributed by atoms with van der Waals surface area (Å²) in [5.74, 6) is 2.54. The summed E-state index contributed by atoms with van der Waals surface area (Å²) in [5.41, 5.74) is 4.15. The van der Waals surface area contributed by atoms with Crippen molar-refractivity contribution >= 4 is 23.4 Å². The van der Waals surface area contributed by atoms with Gasteiger partial charge in [0.25, 0.3) is 0 Å². The monoisotopic (exact) mass is 515 g/mol. The minimum absolute atomic E-state index is 0.100. The lowest BCUT2D eigenvalue weighted by Crippen LogP contribution is -2.58. The van der Waals surface area contributed by atoms with Gasteiger partial charge in [0.2, 0.25) is 0 Å². The molecule has 3 aromatic rings. The number of aromatic nitrogens is 3. The average molecular weight is 516 g/mol. The molecule has 1 aromatic carbocycles. The summed E-state index contributed by atoms with van der Waals surface area (Å²) in [5, 5.41) is 11.0. The number of pyridine rings is 1. The van der Waals surface area contributed by atoms with Crippen molar-refractivity contribution < 1.29 is 9.84 Å². The molecule has 7 rings (SSSR count). The molecular weight excluding hydrogens is 482 g/mol. The third kappa shape index (κ3) is 3.87. The van der Waals surface area contributed by atoms with Crippen molar-refractivity contribution in [3.05, 3.63) is 59.5 Å². The zero-order valence-electron chi connectivity index (χ0n) is 21.3. The number of benzene rings is 1. The number of nitrogens with zero attached hydrogens (tertiary/aromatic N) is 5. The van der Waals surface area contributed by atoms with Crippen LogP contribution in [0.3, 0.4) is 0 Å². The van der Waals surface area contributed by atoms with Gasteiger partial charge in [-0.2, -0.15) is 0 Å². The second-order valence-corrected chi connectivity index (χ2v) is 12.3. The first-order chi connectivity index (χ1) is 18.1. The molecule has 2 aromatic heterocycles. The van der Waals surface area contributed by atoms with Crippen LogP contribution in [0.1, 0.15) is 48.9 Å². The van der Waals surface area contributed by atoms with E-state index < -0.39 is 0 Å². The summed E-state index contributed by atoms with van der Waals surface area (Å²) in [4.78, 5) is 19.9. The lowest BCUT2D eigenvalue weighted by Gasteiger charge is -2.51. The van der Waals surface area contributed by atoms with Crippen LogP contribution < -0.4 is 14.5 Å². The van der Waals surface area contributed by atoms with Gasteiger partial charge in [-0.3, -0.25) is 0 Å². The maximum absolute atomic E-state index is 10.2. The zero-order chi connectivity index (χ0) is 25.0. The number of hydrogen-bond donors (Lipinski definition) is 1. The second kappa shape index (κ2) is 8.88. The molecule has 1 N–H and O–H groups in total. The van der Waals surface area contributed by atoms with Crippen LogP contribution in [0.2, 0.25) is 0 Å². The third-order valence-electron chi connectivity index (χ3n) is 9.19. The molecule has 8 heteroatoms. The van der Waals surface area contributed by atoms with Gasteiger partial charge in [0.15, 0.2) is 17.4 Å². The average Bonchev–Trinajstić information content (AvgIpc) is 3.26. The van der Waals surface area contributed by atoms with Crippen molar-refractivity contribution in [1.82, 2.24) is 15.0 Å². The Balaban J connectivity index is 1.07. The summed E-state index contributed by atoms with van der Waals surface area (Å²) in [6.07, 6.45) is 11.9. The molecule has 37 heavy (non-hydrogen) atoms. The van der Waals surface area contributed by atoms with Crippen LogP contribution in [0.5, 0.6) is 5.75 Å². The van der Waals surface area contributed by atoms with Gasteiger partial charge in [-0.05, 0) is 67.6 Å². The van der Waals surface area contributed by atoms with Crippen LogP contribution in [0, 0.1) is 5.41 Å². The molecule has 0 bridgehead atoms. The Labute approximate surface area is 222 Å². The minimum Gasteiger partial charge on any atom is -0.486 e. The van der Waals surface area contributed by atoms with Crippen LogP contribution in [0.15, 0.2) is 52.6 Å². The summed E-state index contributed by atoms with van der Waals surface area (Å²) < 4.78 is 6.27. The number of fused-ring (bicyclic) bond motifs is 2. The molecule has 192 valence electrons. The normalized spacial score (nSPS) is 20.9. The highest BCUT2D eigenvalue weighted by Crippen LogP contribution is 2.49. The SMILES string of the molecule is CN1c2nccc(Sc3cnc(N4CCC5(CC4)Cc4ccccc4C5)c(CO)n3)c2OCC12CCC2. The number of anilines is 2. The number of aliphatic hydroxyl groups is 1. The molecule has 4 heterocycles. The Morgan fingerprint density at radius 2 is 1.76 bits per heavy atom. The third-order valence-corrected chi connectivity index (χ3v) is 10.1. The van der Waals surface area contributed by atoms with E-state index in [1.165, 1.54) is 42.2 Å². The van der Waals surface area contributed by atoms with E-state index in [0.29, 0.717) is 17.7 Å². The minimum atomic E-state index is -0.125.